The number of fused-ring (bicyclic) bond motifs is 1. The highest BCUT2D eigenvalue weighted by molar-refractivity contribution is 5.85. The van der Waals surface area contributed by atoms with Crippen LogP contribution in [0.4, 0.5) is 5.82 Å². The van der Waals surface area contributed by atoms with Crippen LogP contribution < -0.4 is 20.7 Å². The maximum absolute atomic E-state index is 13.0. The largest absolute Gasteiger partial charge is 0.492 e. The van der Waals surface area contributed by atoms with Crippen molar-refractivity contribution in [2.24, 2.45) is 11.7 Å². The molecule has 5 rings (SSSR count). The first-order valence-electron chi connectivity index (χ1n) is 14.1. The number of anilines is 1. The van der Waals surface area contributed by atoms with Gasteiger partial charge in [-0.3, -0.25) is 9.78 Å². The molecule has 10 heteroatoms. The van der Waals surface area contributed by atoms with Crippen molar-refractivity contribution in [2.45, 2.75) is 51.6 Å². The number of aromatic nitrogens is 4. The summed E-state index contributed by atoms with van der Waals surface area (Å²) in [6, 6.07) is 13.5. The molecule has 1 amide bonds. The zero-order valence-corrected chi connectivity index (χ0v) is 23.7. The number of nitrogens with zero attached hydrogens (tertiary/aromatic N) is 6. The first kappa shape index (κ1) is 28.1. The van der Waals surface area contributed by atoms with E-state index in [4.69, 9.17) is 15.5 Å². The van der Waals surface area contributed by atoms with E-state index < -0.39 is 11.6 Å². The molecule has 0 spiro atoms. The average molecular weight is 553 g/mol. The number of carbonyl (C=O) groups excluding carboxylic acids is 1. The van der Waals surface area contributed by atoms with Crippen molar-refractivity contribution in [1.29, 1.82) is 5.26 Å². The lowest BCUT2D eigenvalue weighted by Gasteiger charge is -2.43. The zero-order valence-electron chi connectivity index (χ0n) is 23.7. The second-order valence-corrected chi connectivity index (χ2v) is 10.9. The van der Waals surface area contributed by atoms with Crippen LogP contribution in [0.15, 0.2) is 61.2 Å². The van der Waals surface area contributed by atoms with Gasteiger partial charge in [0.25, 0.3) is 0 Å². The van der Waals surface area contributed by atoms with Gasteiger partial charge in [-0.05, 0) is 56.0 Å². The van der Waals surface area contributed by atoms with E-state index in [0.29, 0.717) is 24.3 Å². The van der Waals surface area contributed by atoms with Gasteiger partial charge in [-0.1, -0.05) is 19.9 Å². The van der Waals surface area contributed by atoms with Crippen LogP contribution in [-0.4, -0.2) is 56.8 Å². The van der Waals surface area contributed by atoms with Crippen LogP contribution in [0, 0.1) is 17.2 Å². The van der Waals surface area contributed by atoms with Crippen molar-refractivity contribution in [1.82, 2.24) is 24.9 Å². The molecule has 5 heterocycles. The second-order valence-electron chi connectivity index (χ2n) is 10.9. The minimum Gasteiger partial charge on any atom is -0.492 e. The number of nitriles is 1. The van der Waals surface area contributed by atoms with Gasteiger partial charge in [-0.15, -0.1) is 0 Å². The molecule has 0 saturated carbocycles. The van der Waals surface area contributed by atoms with Crippen LogP contribution in [0.1, 0.15) is 44.9 Å². The Balaban J connectivity index is 1.36. The van der Waals surface area contributed by atoms with Crippen LogP contribution in [-0.2, 0) is 11.2 Å². The number of piperidine rings is 1. The monoisotopic (exact) mass is 552 g/mol. The van der Waals surface area contributed by atoms with Gasteiger partial charge in [0.2, 0.25) is 5.91 Å². The minimum absolute atomic E-state index is 0.0481. The van der Waals surface area contributed by atoms with E-state index in [9.17, 15) is 10.1 Å². The smallest absolute Gasteiger partial charge is 0.237 e. The molecule has 1 aliphatic heterocycles. The maximum atomic E-state index is 13.0. The third-order valence-electron chi connectivity index (χ3n) is 7.78. The number of nitrogens with two attached hydrogens (primary N) is 1. The van der Waals surface area contributed by atoms with Gasteiger partial charge in [0.1, 0.15) is 17.6 Å². The summed E-state index contributed by atoms with van der Waals surface area (Å²) in [5.41, 5.74) is 9.63. The SMILES string of the molecule is CCOc1cc(-c2ccc(N3CCC(Cc4ccccn4)(NC(=O)C(N)C(C)C)CC3)nc2)c2c(C#N)cnn2c1. The van der Waals surface area contributed by atoms with Crippen molar-refractivity contribution >= 4 is 17.2 Å². The van der Waals surface area contributed by atoms with E-state index in [0.717, 1.165) is 54.1 Å². The number of ether oxygens (including phenoxy) is 1. The number of rotatable bonds is 9. The van der Waals surface area contributed by atoms with E-state index in [1.165, 1.54) is 0 Å². The zero-order chi connectivity index (χ0) is 29.0. The second kappa shape index (κ2) is 11.9. The lowest BCUT2D eigenvalue weighted by Crippen LogP contribution is -2.60. The van der Waals surface area contributed by atoms with E-state index in [2.05, 4.69) is 26.4 Å². The average Bonchev–Trinajstić information content (AvgIpc) is 3.40. The Morgan fingerprint density at radius 2 is 2.00 bits per heavy atom. The van der Waals surface area contributed by atoms with Crippen molar-refractivity contribution in [2.75, 3.05) is 24.6 Å². The molecule has 212 valence electrons. The Bertz CT molecular complexity index is 1530. The number of nitrogens with one attached hydrogen (secondary N) is 1. The van der Waals surface area contributed by atoms with Gasteiger partial charge in [0.05, 0.1) is 36.1 Å². The Morgan fingerprint density at radius 1 is 1.20 bits per heavy atom. The summed E-state index contributed by atoms with van der Waals surface area (Å²) >= 11 is 0. The molecule has 0 bridgehead atoms. The number of amides is 1. The quantitative estimate of drug-likeness (QED) is 0.321. The molecule has 0 aromatic carbocycles. The molecule has 3 N–H and O–H groups in total. The number of carbonyl (C=O) groups is 1. The molecule has 10 nitrogen and oxygen atoms in total. The third-order valence-corrected chi connectivity index (χ3v) is 7.78. The van der Waals surface area contributed by atoms with Crippen LogP contribution in [0.2, 0.25) is 0 Å². The summed E-state index contributed by atoms with van der Waals surface area (Å²) in [5.74, 6) is 1.46. The molecule has 41 heavy (non-hydrogen) atoms. The first-order valence-corrected chi connectivity index (χ1v) is 14.1. The van der Waals surface area contributed by atoms with Gasteiger partial charge in [-0.2, -0.15) is 10.4 Å². The highest BCUT2D eigenvalue weighted by Crippen LogP contribution is 2.33. The molecule has 4 aromatic rings. The Labute approximate surface area is 240 Å². The van der Waals surface area contributed by atoms with Crippen LogP contribution >= 0.6 is 0 Å². The fourth-order valence-electron chi connectivity index (χ4n) is 5.38. The van der Waals surface area contributed by atoms with Gasteiger partial charge in [-0.25, -0.2) is 9.50 Å². The standard InChI is InChI=1S/C31H36N8O2/c1-4-41-25-15-26(29-23(17-32)19-36-39(29)20-25)22-8-9-27(35-18-22)38-13-10-31(11-14-38,16-24-7-5-6-12-34-24)37-30(40)28(33)21(2)3/h5-9,12,15,18-21,28H,4,10-11,13-14,16,33H2,1-3H3,(H,37,40). The molecule has 4 aromatic heterocycles. The Hall–Kier alpha value is -4.49. The van der Waals surface area contributed by atoms with E-state index in [1.807, 2.05) is 63.4 Å². The lowest BCUT2D eigenvalue weighted by atomic mass is 9.82. The fraction of sp³-hybridized carbons (Fsp3) is 0.387. The summed E-state index contributed by atoms with van der Waals surface area (Å²) in [4.78, 5) is 24.6. The van der Waals surface area contributed by atoms with Crippen LogP contribution in [0.5, 0.6) is 5.75 Å². The molecule has 0 aliphatic carbocycles. The number of hydrogen-bond acceptors (Lipinski definition) is 8. The van der Waals surface area contributed by atoms with Gasteiger partial charge >= 0.3 is 0 Å². The summed E-state index contributed by atoms with van der Waals surface area (Å²) in [6.07, 6.45) is 9.07. The van der Waals surface area contributed by atoms with Crippen LogP contribution in [0.3, 0.4) is 0 Å². The summed E-state index contributed by atoms with van der Waals surface area (Å²) in [5, 5.41) is 17.3. The maximum Gasteiger partial charge on any atom is 0.237 e. The fourth-order valence-corrected chi connectivity index (χ4v) is 5.38. The van der Waals surface area contributed by atoms with Gasteiger partial charge in [0, 0.05) is 54.3 Å². The molecule has 1 atom stereocenters. The number of hydrogen-bond donors (Lipinski definition) is 2. The summed E-state index contributed by atoms with van der Waals surface area (Å²) in [6.45, 7) is 7.82. The molecular weight excluding hydrogens is 516 g/mol. The van der Waals surface area contributed by atoms with Gasteiger partial charge < -0.3 is 20.7 Å². The third kappa shape index (κ3) is 6.00. The highest BCUT2D eigenvalue weighted by Gasteiger charge is 2.38. The predicted octanol–water partition coefficient (Wildman–Crippen LogP) is 3.74. The van der Waals surface area contributed by atoms with Crippen molar-refractivity contribution in [3.05, 3.63) is 72.4 Å². The molecule has 0 radical (unpaired) electrons. The molecular formula is C31H36N8O2. The normalized spacial score (nSPS) is 15.5. The van der Waals surface area contributed by atoms with Crippen molar-refractivity contribution in [3.8, 4) is 22.9 Å². The Kier molecular flexibility index (Phi) is 8.17. The highest BCUT2D eigenvalue weighted by atomic mass is 16.5. The first-order chi connectivity index (χ1) is 19.8. The van der Waals surface area contributed by atoms with E-state index >= 15 is 0 Å². The molecule has 1 aliphatic rings. The Morgan fingerprint density at radius 3 is 2.63 bits per heavy atom. The lowest BCUT2D eigenvalue weighted by molar-refractivity contribution is -0.125. The number of pyridine rings is 3. The summed E-state index contributed by atoms with van der Waals surface area (Å²) < 4.78 is 7.42. The van der Waals surface area contributed by atoms with Crippen LogP contribution in [0.25, 0.3) is 16.6 Å². The predicted molar refractivity (Wildman–Crippen MR) is 157 cm³/mol. The molecule has 1 unspecified atom stereocenters. The summed E-state index contributed by atoms with van der Waals surface area (Å²) in [7, 11) is 0. The van der Waals surface area contributed by atoms with E-state index in [1.54, 1.807) is 23.1 Å². The van der Waals surface area contributed by atoms with Crippen molar-refractivity contribution < 1.29 is 9.53 Å². The van der Waals surface area contributed by atoms with Gasteiger partial charge in [0.15, 0.2) is 0 Å². The molecule has 1 saturated heterocycles. The van der Waals surface area contributed by atoms with E-state index in [-0.39, 0.29) is 11.8 Å². The van der Waals surface area contributed by atoms with Crippen molar-refractivity contribution in [3.63, 3.8) is 0 Å². The molecule has 1 fully saturated rings. The topological polar surface area (TPSA) is 134 Å². The minimum atomic E-state index is -0.562.